The minimum Gasteiger partial charge on any atom is -0.310 e. The maximum Gasteiger partial charge on any atom is 0.0727 e. The van der Waals surface area contributed by atoms with Crippen LogP contribution in [0.4, 0.5) is 51.2 Å². The minimum atomic E-state index is -0.670. The zero-order valence-electron chi connectivity index (χ0n) is 49.3. The molecule has 90 heavy (non-hydrogen) atoms. The van der Waals surface area contributed by atoms with E-state index >= 15 is 0 Å². The average molecular weight is 1140 g/mol. The Labute approximate surface area is 523 Å². The first kappa shape index (κ1) is 51.4. The maximum atomic E-state index is 2.58. The number of fused-ring (bicyclic) bond motifs is 19. The van der Waals surface area contributed by atoms with Gasteiger partial charge in [0.05, 0.1) is 11.1 Å². The molecular weight excluding hydrogens is 1090 g/mol. The highest BCUT2D eigenvalue weighted by atomic mass is 15.2. The van der Waals surface area contributed by atoms with Crippen LogP contribution in [0.15, 0.2) is 346 Å². The van der Waals surface area contributed by atoms with Crippen LogP contribution in [0.25, 0.3) is 87.2 Å². The van der Waals surface area contributed by atoms with Gasteiger partial charge in [-0.3, -0.25) is 0 Å². The third kappa shape index (κ3) is 7.93. The van der Waals surface area contributed by atoms with Gasteiger partial charge < -0.3 is 14.7 Å². The lowest BCUT2D eigenvalue weighted by molar-refractivity contribution is 0.796. The Hall–Kier alpha value is -11.8. The molecule has 16 aromatic rings. The van der Waals surface area contributed by atoms with E-state index in [2.05, 4.69) is 360 Å². The van der Waals surface area contributed by atoms with Crippen LogP contribution in [0.1, 0.15) is 22.3 Å². The van der Waals surface area contributed by atoms with E-state index < -0.39 is 5.41 Å². The summed E-state index contributed by atoms with van der Waals surface area (Å²) in [5, 5.41) is 12.3. The average Bonchev–Trinajstić information content (AvgIpc) is 1.49. The molecule has 0 N–H and O–H groups in total. The molecule has 420 valence electrons. The molecule has 3 heteroatoms. The summed E-state index contributed by atoms with van der Waals surface area (Å²) < 4.78 is 0. The summed E-state index contributed by atoms with van der Waals surface area (Å²) in [7, 11) is 0. The smallest absolute Gasteiger partial charge is 0.0727 e. The van der Waals surface area contributed by atoms with E-state index in [1.165, 1.54) is 109 Å². The molecule has 0 fully saturated rings. The van der Waals surface area contributed by atoms with Crippen LogP contribution < -0.4 is 14.7 Å². The molecule has 3 nitrogen and oxygen atoms in total. The van der Waals surface area contributed by atoms with Crippen LogP contribution in [-0.4, -0.2) is 0 Å². The molecule has 1 spiro atoms. The van der Waals surface area contributed by atoms with Gasteiger partial charge in [-0.15, -0.1) is 0 Å². The zero-order chi connectivity index (χ0) is 59.3. The Morgan fingerprint density at radius 1 is 0.178 bits per heavy atom. The molecular formula is C87H57N3. The minimum absolute atomic E-state index is 0.670. The fourth-order valence-electron chi connectivity index (χ4n) is 15.3. The lowest BCUT2D eigenvalue weighted by Gasteiger charge is -2.34. The summed E-state index contributed by atoms with van der Waals surface area (Å²) >= 11 is 0. The molecule has 0 heterocycles. The normalized spacial score (nSPS) is 12.5. The molecule has 0 aliphatic heterocycles. The number of rotatable bonds is 10. The van der Waals surface area contributed by atoms with Gasteiger partial charge in [0, 0.05) is 50.9 Å². The van der Waals surface area contributed by atoms with E-state index in [0.29, 0.717) is 0 Å². The monoisotopic (exact) mass is 1140 g/mol. The molecule has 0 bridgehead atoms. The number of para-hydroxylation sites is 2. The van der Waals surface area contributed by atoms with Crippen molar-refractivity contribution in [1.82, 2.24) is 0 Å². The Balaban J connectivity index is 0.857. The van der Waals surface area contributed by atoms with Crippen molar-refractivity contribution in [3.05, 3.63) is 368 Å². The second-order valence-corrected chi connectivity index (χ2v) is 23.9. The van der Waals surface area contributed by atoms with E-state index in [0.717, 1.165) is 51.2 Å². The summed E-state index contributed by atoms with van der Waals surface area (Å²) in [6.07, 6.45) is 0. The predicted molar refractivity (Wildman–Crippen MR) is 380 cm³/mol. The van der Waals surface area contributed by atoms with Crippen molar-refractivity contribution in [2.24, 2.45) is 0 Å². The molecule has 0 saturated heterocycles. The van der Waals surface area contributed by atoms with Gasteiger partial charge in [-0.1, -0.05) is 255 Å². The zero-order valence-corrected chi connectivity index (χ0v) is 49.3. The van der Waals surface area contributed by atoms with E-state index in [1.807, 2.05) is 0 Å². The first-order valence-electron chi connectivity index (χ1n) is 31.1. The second-order valence-electron chi connectivity index (χ2n) is 23.9. The Morgan fingerprint density at radius 3 is 1.02 bits per heavy atom. The van der Waals surface area contributed by atoms with E-state index in [4.69, 9.17) is 0 Å². The highest BCUT2D eigenvalue weighted by Gasteiger charge is 2.54. The van der Waals surface area contributed by atoms with Crippen LogP contribution >= 0.6 is 0 Å². The fraction of sp³-hybridized carbons (Fsp3) is 0.0115. The van der Waals surface area contributed by atoms with Crippen molar-refractivity contribution in [1.29, 1.82) is 0 Å². The maximum absolute atomic E-state index is 2.58. The lowest BCUT2D eigenvalue weighted by Crippen LogP contribution is -2.26. The first-order chi connectivity index (χ1) is 44.7. The van der Waals surface area contributed by atoms with Gasteiger partial charge in [0.15, 0.2) is 0 Å². The fourth-order valence-corrected chi connectivity index (χ4v) is 15.3. The number of hydrogen-bond donors (Lipinski definition) is 0. The van der Waals surface area contributed by atoms with Gasteiger partial charge in [-0.25, -0.2) is 0 Å². The molecule has 0 atom stereocenters. The van der Waals surface area contributed by atoms with Gasteiger partial charge in [-0.2, -0.15) is 0 Å². The Kier molecular flexibility index (Phi) is 11.8. The van der Waals surface area contributed by atoms with Crippen molar-refractivity contribution in [3.63, 3.8) is 0 Å². The van der Waals surface area contributed by atoms with Crippen LogP contribution in [0, 0.1) is 0 Å². The molecule has 18 rings (SSSR count). The first-order valence-corrected chi connectivity index (χ1v) is 31.1. The molecule has 0 radical (unpaired) electrons. The van der Waals surface area contributed by atoms with Crippen LogP contribution in [-0.2, 0) is 5.41 Å². The molecule has 2 aliphatic rings. The topological polar surface area (TPSA) is 9.72 Å². The molecule has 0 saturated carbocycles. The number of nitrogens with zero attached hydrogens (tertiary/aromatic N) is 3. The number of anilines is 9. The standard InChI is InChI=1S/C87H57N3/c1-4-22-58(23-5-1)60-42-48-67(49-43-60)89(72-50-44-59-24-10-11-28-64(59)54-72)69-34-20-33-68(55-69)88(65-29-6-2-7-30-65)70-35-21-36-71(56-70)90(66-31-8-3-9-32-66)82-57-81-86(77-41-19-18-40-76(77)82)85-75-39-17-14-27-63(75)47-53-80(85)87(81)78-51-45-61-25-12-15-37-73(61)83(78)84-74-38-16-13-26-62(74)46-52-79(84)87/h1-57H. The molecule has 0 aromatic heterocycles. The van der Waals surface area contributed by atoms with Gasteiger partial charge in [-0.05, 0) is 195 Å². The third-order valence-electron chi connectivity index (χ3n) is 19.1. The Bertz CT molecular complexity index is 5400. The highest BCUT2D eigenvalue weighted by Crippen LogP contribution is 2.67. The van der Waals surface area contributed by atoms with Gasteiger partial charge in [0.1, 0.15) is 0 Å². The predicted octanol–water partition coefficient (Wildman–Crippen LogP) is 23.9. The summed E-state index contributed by atoms with van der Waals surface area (Å²) in [5.74, 6) is 0. The summed E-state index contributed by atoms with van der Waals surface area (Å²) in [6.45, 7) is 0. The van der Waals surface area contributed by atoms with Crippen LogP contribution in [0.5, 0.6) is 0 Å². The summed E-state index contributed by atoms with van der Waals surface area (Å²) in [5.41, 5.74) is 21.7. The van der Waals surface area contributed by atoms with Gasteiger partial charge >= 0.3 is 0 Å². The summed E-state index contributed by atoms with van der Waals surface area (Å²) in [4.78, 5) is 7.31. The quantitative estimate of drug-likeness (QED) is 0.135. The van der Waals surface area contributed by atoms with Gasteiger partial charge in [0.25, 0.3) is 0 Å². The molecule has 0 amide bonds. The SMILES string of the molecule is c1ccc(-c2ccc(N(c3cccc(N(c4ccccc4)c4cccc(N(c5ccccc5)c5cc6c(c7ccccc57)-c5c(ccc7ccccc57)C65c6ccc7ccccc7c6-c6c5ccc5ccccc65)c4)c3)c3ccc4ccccc4c3)cc2)cc1. The van der Waals surface area contributed by atoms with E-state index in [-0.39, 0.29) is 0 Å². The van der Waals surface area contributed by atoms with Gasteiger partial charge in [0.2, 0.25) is 0 Å². The van der Waals surface area contributed by atoms with Crippen molar-refractivity contribution < 1.29 is 0 Å². The molecule has 2 aliphatic carbocycles. The second kappa shape index (κ2) is 20.7. The Morgan fingerprint density at radius 2 is 0.511 bits per heavy atom. The van der Waals surface area contributed by atoms with Crippen molar-refractivity contribution in [2.45, 2.75) is 5.41 Å². The lowest BCUT2D eigenvalue weighted by atomic mass is 9.69. The molecule has 0 unspecified atom stereocenters. The van der Waals surface area contributed by atoms with Crippen molar-refractivity contribution in [3.8, 4) is 33.4 Å². The number of benzene rings is 16. The highest BCUT2D eigenvalue weighted by molar-refractivity contribution is 6.20. The van der Waals surface area contributed by atoms with Crippen molar-refractivity contribution >= 4 is 105 Å². The third-order valence-corrected chi connectivity index (χ3v) is 19.1. The van der Waals surface area contributed by atoms with E-state index in [1.54, 1.807) is 0 Å². The van der Waals surface area contributed by atoms with Crippen LogP contribution in [0.2, 0.25) is 0 Å². The van der Waals surface area contributed by atoms with Crippen LogP contribution in [0.3, 0.4) is 0 Å². The summed E-state index contributed by atoms with van der Waals surface area (Å²) in [6, 6.07) is 128. The molecule has 16 aromatic carbocycles. The van der Waals surface area contributed by atoms with E-state index in [9.17, 15) is 0 Å². The number of hydrogen-bond acceptors (Lipinski definition) is 3. The largest absolute Gasteiger partial charge is 0.310 e. The van der Waals surface area contributed by atoms with Crippen molar-refractivity contribution in [2.75, 3.05) is 14.7 Å².